The zero-order valence-electron chi connectivity index (χ0n) is 11.0. The van der Waals surface area contributed by atoms with Crippen LogP contribution in [0.15, 0.2) is 0 Å². The molecular formula is C12H18N2O3S. The van der Waals surface area contributed by atoms with E-state index >= 15 is 0 Å². The van der Waals surface area contributed by atoms with Crippen molar-refractivity contribution in [3.8, 4) is 0 Å². The molecule has 0 saturated heterocycles. The van der Waals surface area contributed by atoms with Gasteiger partial charge in [-0.25, -0.2) is 4.79 Å². The van der Waals surface area contributed by atoms with Gasteiger partial charge in [0, 0.05) is 6.54 Å². The summed E-state index contributed by atoms with van der Waals surface area (Å²) >= 11 is 1.09. The van der Waals surface area contributed by atoms with E-state index in [1.165, 1.54) is 0 Å². The third kappa shape index (κ3) is 3.01. The highest BCUT2D eigenvalue weighted by molar-refractivity contribution is 7.18. The Morgan fingerprint density at radius 2 is 2.06 bits per heavy atom. The topological polar surface area (TPSA) is 81.4 Å². The zero-order chi connectivity index (χ0) is 13.9. The molecule has 0 radical (unpaired) electrons. The second-order valence-corrected chi connectivity index (χ2v) is 5.16. The van der Waals surface area contributed by atoms with Crippen LogP contribution in [-0.2, 0) is 4.74 Å². The smallest absolute Gasteiger partial charge is 0.348 e. The van der Waals surface area contributed by atoms with Gasteiger partial charge in [0.15, 0.2) is 0 Å². The van der Waals surface area contributed by atoms with Crippen LogP contribution < -0.4 is 11.1 Å². The fourth-order valence-corrected chi connectivity index (χ4v) is 2.48. The molecular weight excluding hydrogens is 252 g/mol. The van der Waals surface area contributed by atoms with Crippen LogP contribution in [0.25, 0.3) is 0 Å². The summed E-state index contributed by atoms with van der Waals surface area (Å²) in [5, 5.41) is 3.01. The van der Waals surface area contributed by atoms with Crippen molar-refractivity contribution in [3.63, 3.8) is 0 Å². The van der Waals surface area contributed by atoms with Crippen LogP contribution in [0.2, 0.25) is 0 Å². The minimum atomic E-state index is -0.435. The standard InChI is InChI=1S/C12H18N2O3S/c1-5-14-11(15)8-7(4)9(18-10(8)13)12(16)17-6(2)3/h6H,5,13H2,1-4H3,(H,14,15). The second-order valence-electron chi connectivity index (χ2n) is 4.11. The SMILES string of the molecule is CCNC(=O)c1c(N)sc(C(=O)OC(C)C)c1C. The second kappa shape index (κ2) is 5.86. The third-order valence-electron chi connectivity index (χ3n) is 2.27. The first-order valence-electron chi connectivity index (χ1n) is 5.76. The predicted molar refractivity (Wildman–Crippen MR) is 72.0 cm³/mol. The van der Waals surface area contributed by atoms with E-state index in [2.05, 4.69) is 5.32 Å². The number of carbonyl (C=O) groups is 2. The predicted octanol–water partition coefficient (Wildman–Crippen LogP) is 1.95. The number of thiophene rings is 1. The summed E-state index contributed by atoms with van der Waals surface area (Å²) in [6.07, 6.45) is -0.201. The maximum Gasteiger partial charge on any atom is 0.348 e. The summed E-state index contributed by atoms with van der Waals surface area (Å²) in [7, 11) is 0. The molecule has 0 aliphatic heterocycles. The number of carbonyl (C=O) groups excluding carboxylic acids is 2. The van der Waals surface area contributed by atoms with Gasteiger partial charge >= 0.3 is 5.97 Å². The monoisotopic (exact) mass is 270 g/mol. The molecule has 0 aliphatic carbocycles. The van der Waals surface area contributed by atoms with E-state index in [0.29, 0.717) is 27.5 Å². The minimum Gasteiger partial charge on any atom is -0.459 e. The normalized spacial score (nSPS) is 10.5. The van der Waals surface area contributed by atoms with Gasteiger partial charge in [-0.1, -0.05) is 0 Å². The molecule has 0 unspecified atom stereocenters. The van der Waals surface area contributed by atoms with Gasteiger partial charge in [0.25, 0.3) is 5.91 Å². The lowest BCUT2D eigenvalue weighted by molar-refractivity contribution is 0.0383. The molecule has 3 N–H and O–H groups in total. The first-order chi connectivity index (χ1) is 8.38. The number of hydrogen-bond donors (Lipinski definition) is 2. The van der Waals surface area contributed by atoms with Gasteiger partial charge in [-0.3, -0.25) is 4.79 Å². The third-order valence-corrected chi connectivity index (χ3v) is 3.37. The Kier molecular flexibility index (Phi) is 4.72. The van der Waals surface area contributed by atoms with Gasteiger partial charge < -0.3 is 15.8 Å². The zero-order valence-corrected chi connectivity index (χ0v) is 11.8. The van der Waals surface area contributed by atoms with E-state index < -0.39 is 5.97 Å². The lowest BCUT2D eigenvalue weighted by Crippen LogP contribution is -2.24. The molecule has 0 saturated carbocycles. The summed E-state index contributed by atoms with van der Waals surface area (Å²) in [6, 6.07) is 0. The van der Waals surface area contributed by atoms with Gasteiger partial charge in [0.1, 0.15) is 4.88 Å². The summed E-state index contributed by atoms with van der Waals surface area (Å²) in [4.78, 5) is 24.0. The van der Waals surface area contributed by atoms with Crippen LogP contribution in [0.1, 0.15) is 46.4 Å². The molecule has 1 heterocycles. The van der Waals surface area contributed by atoms with Gasteiger partial charge in [-0.2, -0.15) is 0 Å². The van der Waals surface area contributed by atoms with Gasteiger partial charge in [-0.15, -0.1) is 11.3 Å². The average Bonchev–Trinajstić information content (AvgIpc) is 2.53. The first-order valence-corrected chi connectivity index (χ1v) is 6.58. The number of nitrogens with one attached hydrogen (secondary N) is 1. The maximum atomic E-state index is 11.8. The maximum absolute atomic E-state index is 11.8. The van der Waals surface area contributed by atoms with Crippen molar-refractivity contribution in [2.24, 2.45) is 0 Å². The lowest BCUT2D eigenvalue weighted by Gasteiger charge is -2.07. The van der Waals surface area contributed by atoms with Crippen molar-refractivity contribution in [2.75, 3.05) is 12.3 Å². The highest BCUT2D eigenvalue weighted by Gasteiger charge is 2.24. The molecule has 0 bridgehead atoms. The molecule has 1 rings (SSSR count). The Balaban J connectivity index is 3.07. The van der Waals surface area contributed by atoms with Crippen LogP contribution in [0.4, 0.5) is 5.00 Å². The number of hydrogen-bond acceptors (Lipinski definition) is 5. The number of nitrogen functional groups attached to an aromatic ring is 1. The summed E-state index contributed by atoms with van der Waals surface area (Å²) < 4.78 is 5.11. The quantitative estimate of drug-likeness (QED) is 0.819. The summed E-state index contributed by atoms with van der Waals surface area (Å²) in [5.41, 5.74) is 6.74. The molecule has 1 amide bonds. The molecule has 1 aromatic rings. The molecule has 5 nitrogen and oxygen atoms in total. The van der Waals surface area contributed by atoms with Crippen molar-refractivity contribution in [1.82, 2.24) is 5.32 Å². The van der Waals surface area contributed by atoms with Crippen LogP contribution in [0.3, 0.4) is 0 Å². The summed E-state index contributed by atoms with van der Waals surface area (Å²) in [6.45, 7) is 7.58. The molecule has 0 atom stereocenters. The highest BCUT2D eigenvalue weighted by atomic mass is 32.1. The van der Waals surface area contributed by atoms with E-state index in [-0.39, 0.29) is 12.0 Å². The van der Waals surface area contributed by atoms with E-state index in [9.17, 15) is 9.59 Å². The van der Waals surface area contributed by atoms with Crippen molar-refractivity contribution in [1.29, 1.82) is 0 Å². The van der Waals surface area contributed by atoms with Crippen molar-refractivity contribution >= 4 is 28.2 Å². The Bertz CT molecular complexity index is 466. The fourth-order valence-electron chi connectivity index (χ4n) is 1.53. The molecule has 6 heteroatoms. The number of nitrogens with two attached hydrogens (primary N) is 1. The van der Waals surface area contributed by atoms with Crippen LogP contribution >= 0.6 is 11.3 Å². The summed E-state index contributed by atoms with van der Waals surface area (Å²) in [5.74, 6) is -0.693. The molecule has 0 aliphatic rings. The number of ether oxygens (including phenoxy) is 1. The van der Waals surface area contributed by atoms with Crippen LogP contribution in [0.5, 0.6) is 0 Å². The first kappa shape index (κ1) is 14.5. The average molecular weight is 270 g/mol. The molecule has 18 heavy (non-hydrogen) atoms. The number of esters is 1. The Morgan fingerprint density at radius 3 is 2.56 bits per heavy atom. The highest BCUT2D eigenvalue weighted by Crippen LogP contribution is 2.31. The Labute approximate surface area is 110 Å². The van der Waals surface area contributed by atoms with Crippen LogP contribution in [-0.4, -0.2) is 24.5 Å². The molecule has 100 valence electrons. The Hall–Kier alpha value is -1.56. The van der Waals surface area contributed by atoms with Gasteiger partial charge in [-0.05, 0) is 33.3 Å². The lowest BCUT2D eigenvalue weighted by atomic mass is 10.1. The molecule has 1 aromatic heterocycles. The fraction of sp³-hybridized carbons (Fsp3) is 0.500. The van der Waals surface area contributed by atoms with Crippen molar-refractivity contribution in [2.45, 2.75) is 33.8 Å². The van der Waals surface area contributed by atoms with Crippen molar-refractivity contribution < 1.29 is 14.3 Å². The molecule has 0 aromatic carbocycles. The van der Waals surface area contributed by atoms with Gasteiger partial charge in [0.2, 0.25) is 0 Å². The van der Waals surface area contributed by atoms with E-state index in [1.54, 1.807) is 20.8 Å². The largest absolute Gasteiger partial charge is 0.459 e. The van der Waals surface area contributed by atoms with E-state index in [4.69, 9.17) is 10.5 Å². The number of amides is 1. The minimum absolute atomic E-state index is 0.201. The van der Waals surface area contributed by atoms with Crippen molar-refractivity contribution in [3.05, 3.63) is 16.0 Å². The van der Waals surface area contributed by atoms with E-state index in [1.807, 2.05) is 6.92 Å². The number of anilines is 1. The molecule has 0 spiro atoms. The van der Waals surface area contributed by atoms with Gasteiger partial charge in [0.05, 0.1) is 16.7 Å². The van der Waals surface area contributed by atoms with Crippen LogP contribution in [0, 0.1) is 6.92 Å². The molecule has 0 fully saturated rings. The number of rotatable bonds is 4. The van der Waals surface area contributed by atoms with E-state index in [0.717, 1.165) is 11.3 Å². The Morgan fingerprint density at radius 1 is 1.44 bits per heavy atom.